The first-order chi connectivity index (χ1) is 9.40. The van der Waals surface area contributed by atoms with E-state index < -0.39 is 0 Å². The SMILES string of the molecule is Cc1cc(N2CCC(N(C)C)CC2)c(C(N)=S)c(C)n1. The summed E-state index contributed by atoms with van der Waals surface area (Å²) in [5.41, 5.74) is 9.95. The van der Waals surface area contributed by atoms with Crippen LogP contribution in [0.3, 0.4) is 0 Å². The highest BCUT2D eigenvalue weighted by molar-refractivity contribution is 7.80. The van der Waals surface area contributed by atoms with E-state index in [4.69, 9.17) is 18.0 Å². The Labute approximate surface area is 127 Å². The van der Waals surface area contributed by atoms with E-state index in [1.807, 2.05) is 13.8 Å². The van der Waals surface area contributed by atoms with Gasteiger partial charge in [-0.05, 0) is 46.9 Å². The van der Waals surface area contributed by atoms with Crippen LogP contribution >= 0.6 is 12.2 Å². The van der Waals surface area contributed by atoms with E-state index in [9.17, 15) is 0 Å². The van der Waals surface area contributed by atoms with Crippen LogP contribution in [0.25, 0.3) is 0 Å². The van der Waals surface area contributed by atoms with Gasteiger partial charge >= 0.3 is 0 Å². The highest BCUT2D eigenvalue weighted by Crippen LogP contribution is 2.27. The fraction of sp³-hybridized carbons (Fsp3) is 0.600. The number of hydrogen-bond donors (Lipinski definition) is 1. The molecule has 2 rings (SSSR count). The maximum atomic E-state index is 5.90. The second-order valence-corrected chi connectivity index (χ2v) is 6.23. The molecule has 0 unspecified atom stereocenters. The Morgan fingerprint density at radius 2 is 1.95 bits per heavy atom. The fourth-order valence-electron chi connectivity index (χ4n) is 2.99. The minimum atomic E-state index is 0.444. The quantitative estimate of drug-likeness (QED) is 0.862. The van der Waals surface area contributed by atoms with Gasteiger partial charge in [0.2, 0.25) is 0 Å². The van der Waals surface area contributed by atoms with E-state index in [0.717, 1.165) is 35.7 Å². The maximum Gasteiger partial charge on any atom is 0.107 e. The third-order valence-electron chi connectivity index (χ3n) is 4.09. The van der Waals surface area contributed by atoms with Crippen molar-refractivity contribution in [1.29, 1.82) is 0 Å². The van der Waals surface area contributed by atoms with E-state index in [1.54, 1.807) is 0 Å². The molecule has 2 heterocycles. The zero-order valence-corrected chi connectivity index (χ0v) is 13.6. The molecule has 1 aliphatic heterocycles. The Bertz CT molecular complexity index is 505. The third-order valence-corrected chi connectivity index (χ3v) is 4.29. The summed E-state index contributed by atoms with van der Waals surface area (Å²) in [6.07, 6.45) is 2.34. The summed E-state index contributed by atoms with van der Waals surface area (Å²) in [4.78, 5) is 9.65. The van der Waals surface area contributed by atoms with Gasteiger partial charge in [0.25, 0.3) is 0 Å². The molecule has 1 aliphatic rings. The van der Waals surface area contributed by atoms with Gasteiger partial charge in [-0.15, -0.1) is 0 Å². The number of rotatable bonds is 3. The van der Waals surface area contributed by atoms with E-state index in [0.29, 0.717) is 11.0 Å². The minimum Gasteiger partial charge on any atom is -0.389 e. The number of hydrogen-bond acceptors (Lipinski definition) is 4. The Balaban J connectivity index is 2.27. The molecule has 0 aliphatic carbocycles. The Morgan fingerprint density at radius 3 is 2.45 bits per heavy atom. The van der Waals surface area contributed by atoms with Crippen molar-refractivity contribution in [3.63, 3.8) is 0 Å². The Morgan fingerprint density at radius 1 is 1.35 bits per heavy atom. The predicted octanol–water partition coefficient (Wildman–Crippen LogP) is 1.86. The van der Waals surface area contributed by atoms with Crippen LogP contribution in [0.4, 0.5) is 5.69 Å². The number of piperidine rings is 1. The molecule has 0 aromatic carbocycles. The van der Waals surface area contributed by atoms with Crippen LogP contribution in [-0.2, 0) is 0 Å². The number of anilines is 1. The summed E-state index contributed by atoms with van der Waals surface area (Å²) in [6, 6.07) is 2.78. The molecule has 0 saturated carbocycles. The van der Waals surface area contributed by atoms with Crippen molar-refractivity contribution < 1.29 is 0 Å². The number of nitrogens with zero attached hydrogens (tertiary/aromatic N) is 3. The predicted molar refractivity (Wildman–Crippen MR) is 88.5 cm³/mol. The van der Waals surface area contributed by atoms with E-state index in [2.05, 4.69) is 34.9 Å². The molecule has 110 valence electrons. The van der Waals surface area contributed by atoms with Gasteiger partial charge in [-0.1, -0.05) is 12.2 Å². The fourth-order valence-corrected chi connectivity index (χ4v) is 3.24. The lowest BCUT2D eigenvalue weighted by Crippen LogP contribution is -2.42. The average molecular weight is 292 g/mol. The lowest BCUT2D eigenvalue weighted by Gasteiger charge is -2.37. The third kappa shape index (κ3) is 3.10. The summed E-state index contributed by atoms with van der Waals surface area (Å²) >= 11 is 5.22. The monoisotopic (exact) mass is 292 g/mol. The van der Waals surface area contributed by atoms with Crippen molar-refractivity contribution in [3.05, 3.63) is 23.0 Å². The molecule has 20 heavy (non-hydrogen) atoms. The van der Waals surface area contributed by atoms with Crippen molar-refractivity contribution in [2.75, 3.05) is 32.1 Å². The van der Waals surface area contributed by atoms with E-state index >= 15 is 0 Å². The molecule has 1 aromatic heterocycles. The summed E-state index contributed by atoms with van der Waals surface area (Å²) in [6.45, 7) is 6.09. The number of pyridine rings is 1. The number of aryl methyl sites for hydroxylation is 2. The number of thiocarbonyl (C=S) groups is 1. The zero-order chi connectivity index (χ0) is 14.9. The van der Waals surface area contributed by atoms with Crippen molar-refractivity contribution in [2.45, 2.75) is 32.7 Å². The summed E-state index contributed by atoms with van der Waals surface area (Å²) in [5, 5.41) is 0. The highest BCUT2D eigenvalue weighted by atomic mass is 32.1. The van der Waals surface area contributed by atoms with Crippen LogP contribution in [0, 0.1) is 13.8 Å². The second-order valence-electron chi connectivity index (χ2n) is 5.79. The Hall–Kier alpha value is -1.20. The normalized spacial score (nSPS) is 16.8. The molecular weight excluding hydrogens is 268 g/mol. The molecule has 0 spiro atoms. The number of nitrogens with two attached hydrogens (primary N) is 1. The van der Waals surface area contributed by atoms with Crippen LogP contribution in [0.1, 0.15) is 29.8 Å². The van der Waals surface area contributed by atoms with E-state index in [1.165, 1.54) is 12.8 Å². The first-order valence-corrected chi connectivity index (χ1v) is 7.50. The van der Waals surface area contributed by atoms with Crippen LogP contribution in [0.2, 0.25) is 0 Å². The molecule has 0 atom stereocenters. The summed E-state index contributed by atoms with van der Waals surface area (Å²) in [7, 11) is 4.31. The van der Waals surface area contributed by atoms with E-state index in [-0.39, 0.29) is 0 Å². The minimum absolute atomic E-state index is 0.444. The topological polar surface area (TPSA) is 45.4 Å². The van der Waals surface area contributed by atoms with Gasteiger partial charge in [-0.2, -0.15) is 0 Å². The summed E-state index contributed by atoms with van der Waals surface area (Å²) < 4.78 is 0. The highest BCUT2D eigenvalue weighted by Gasteiger charge is 2.24. The van der Waals surface area contributed by atoms with Gasteiger partial charge in [0.1, 0.15) is 4.99 Å². The second kappa shape index (κ2) is 6.06. The molecule has 0 radical (unpaired) electrons. The van der Waals surface area contributed by atoms with Crippen LogP contribution in [0.15, 0.2) is 6.07 Å². The molecule has 2 N–H and O–H groups in total. The van der Waals surface area contributed by atoms with Crippen LogP contribution in [-0.4, -0.2) is 48.1 Å². The first-order valence-electron chi connectivity index (χ1n) is 7.09. The standard InChI is InChI=1S/C15H24N4S/c1-10-9-13(14(15(16)20)11(2)17-10)19-7-5-12(6-8-19)18(3)4/h9,12H,5-8H2,1-4H3,(H2,16,20). The molecule has 1 aromatic rings. The first kappa shape index (κ1) is 15.2. The van der Waals surface area contributed by atoms with Gasteiger partial charge in [-0.25, -0.2) is 0 Å². The van der Waals surface area contributed by atoms with Crippen LogP contribution < -0.4 is 10.6 Å². The van der Waals surface area contributed by atoms with Gasteiger partial charge in [0.05, 0.1) is 11.3 Å². The molecule has 1 saturated heterocycles. The lowest BCUT2D eigenvalue weighted by molar-refractivity contribution is 0.249. The summed E-state index contributed by atoms with van der Waals surface area (Å²) in [5.74, 6) is 0. The average Bonchev–Trinajstić information content (AvgIpc) is 2.37. The maximum absolute atomic E-state index is 5.90. The van der Waals surface area contributed by atoms with Gasteiger partial charge in [-0.3, -0.25) is 4.98 Å². The molecule has 0 bridgehead atoms. The lowest BCUT2D eigenvalue weighted by atomic mass is 10.0. The molecular formula is C15H24N4S. The van der Waals surface area contributed by atoms with Gasteiger partial charge in [0, 0.05) is 30.5 Å². The number of aromatic nitrogens is 1. The largest absolute Gasteiger partial charge is 0.389 e. The molecule has 1 fully saturated rings. The Kier molecular flexibility index (Phi) is 4.60. The van der Waals surface area contributed by atoms with Crippen molar-refractivity contribution in [1.82, 2.24) is 9.88 Å². The molecule has 0 amide bonds. The van der Waals surface area contributed by atoms with Crippen LogP contribution in [0.5, 0.6) is 0 Å². The van der Waals surface area contributed by atoms with Crippen molar-refractivity contribution in [2.24, 2.45) is 5.73 Å². The van der Waals surface area contributed by atoms with Gasteiger partial charge < -0.3 is 15.5 Å². The molecule has 5 heteroatoms. The van der Waals surface area contributed by atoms with Gasteiger partial charge in [0.15, 0.2) is 0 Å². The van der Waals surface area contributed by atoms with Crippen molar-refractivity contribution in [3.8, 4) is 0 Å². The van der Waals surface area contributed by atoms with Crippen molar-refractivity contribution >= 4 is 22.9 Å². The smallest absolute Gasteiger partial charge is 0.107 e. The zero-order valence-electron chi connectivity index (χ0n) is 12.8. The molecule has 4 nitrogen and oxygen atoms in total.